The summed E-state index contributed by atoms with van der Waals surface area (Å²) in [6.45, 7) is 3.85. The van der Waals surface area contributed by atoms with Crippen molar-refractivity contribution in [2.75, 3.05) is 0 Å². The monoisotopic (exact) mass is 387 g/mol. The van der Waals surface area contributed by atoms with Gasteiger partial charge in [0.15, 0.2) is 0 Å². The zero-order valence-corrected chi connectivity index (χ0v) is 15.3. The number of benzene rings is 3. The summed E-state index contributed by atoms with van der Waals surface area (Å²) in [4.78, 5) is 26.2. The molecule has 3 aromatic carbocycles. The van der Waals surface area contributed by atoms with Gasteiger partial charge in [0.1, 0.15) is 0 Å². The normalized spacial score (nSPS) is 11.3. The molecule has 0 aliphatic heterocycles. The van der Waals surface area contributed by atoms with Crippen molar-refractivity contribution in [1.82, 2.24) is 0 Å². The van der Waals surface area contributed by atoms with E-state index in [0.717, 1.165) is 5.56 Å². The Hall–Kier alpha value is -4.13. The van der Waals surface area contributed by atoms with Crippen LogP contribution in [0.3, 0.4) is 0 Å². The van der Waals surface area contributed by atoms with Gasteiger partial charge in [-0.25, -0.2) is 0 Å². The van der Waals surface area contributed by atoms with Crippen LogP contribution < -0.4 is 0 Å². The first-order valence-corrected chi connectivity index (χ1v) is 8.74. The van der Waals surface area contributed by atoms with E-state index in [0.29, 0.717) is 16.8 Å². The minimum atomic E-state index is -0.489. The zero-order chi connectivity index (χ0) is 20.8. The van der Waals surface area contributed by atoms with Crippen LogP contribution in [0.5, 0.6) is 0 Å². The Labute approximate surface area is 167 Å². The molecule has 0 saturated heterocycles. The average Bonchev–Trinajstić information content (AvgIpc) is 2.75. The smallest absolute Gasteiger partial charge is 0.270 e. The van der Waals surface area contributed by atoms with Crippen molar-refractivity contribution in [1.29, 1.82) is 0 Å². The summed E-state index contributed by atoms with van der Waals surface area (Å²) in [5, 5.41) is 22.4. The summed E-state index contributed by atoms with van der Waals surface area (Å²) in [6.07, 6.45) is 1.66. The lowest BCUT2D eigenvalue weighted by Crippen LogP contribution is -2.07. The molecule has 0 heterocycles. The molecule has 7 heteroatoms. The highest BCUT2D eigenvalue weighted by Gasteiger charge is 2.17. The van der Waals surface area contributed by atoms with Gasteiger partial charge in [0.25, 0.3) is 11.4 Å². The van der Waals surface area contributed by atoms with Gasteiger partial charge in [-0.05, 0) is 5.56 Å². The van der Waals surface area contributed by atoms with Crippen LogP contribution in [0.4, 0.5) is 11.4 Å². The van der Waals surface area contributed by atoms with E-state index in [1.165, 1.54) is 24.3 Å². The molecule has 0 radical (unpaired) electrons. The number of nitrogens with zero attached hydrogens (tertiary/aromatic N) is 3. The largest absolute Gasteiger partial charge is 0.272 e. The third-order valence-electron chi connectivity index (χ3n) is 4.29. The summed E-state index contributed by atoms with van der Waals surface area (Å²) in [5.41, 5.74) is 2.10. The van der Waals surface area contributed by atoms with E-state index in [-0.39, 0.29) is 11.4 Å². The van der Waals surface area contributed by atoms with Gasteiger partial charge in [-0.3, -0.25) is 25.2 Å². The van der Waals surface area contributed by atoms with Gasteiger partial charge in [-0.15, -0.1) is 6.58 Å². The summed E-state index contributed by atoms with van der Waals surface area (Å²) < 4.78 is 0. The predicted octanol–water partition coefficient (Wildman–Crippen LogP) is 5.27. The first kappa shape index (κ1) is 19.6. The van der Waals surface area contributed by atoms with Crippen molar-refractivity contribution < 1.29 is 9.85 Å². The topological polar surface area (TPSA) is 98.6 Å². The van der Waals surface area contributed by atoms with Crippen LogP contribution in [-0.2, 0) is 0 Å². The second-order valence-corrected chi connectivity index (χ2v) is 6.18. The Morgan fingerprint density at radius 3 is 1.79 bits per heavy atom. The van der Waals surface area contributed by atoms with Gasteiger partial charge >= 0.3 is 0 Å². The molecule has 0 aliphatic carbocycles. The van der Waals surface area contributed by atoms with Crippen LogP contribution >= 0.6 is 0 Å². The highest BCUT2D eigenvalue weighted by atomic mass is 16.6. The Morgan fingerprint density at radius 1 is 0.828 bits per heavy atom. The quantitative estimate of drug-likeness (QED) is 0.239. The minimum absolute atomic E-state index is 0.0875. The molecule has 29 heavy (non-hydrogen) atoms. The Morgan fingerprint density at radius 2 is 1.34 bits per heavy atom. The van der Waals surface area contributed by atoms with E-state index in [1.54, 1.807) is 30.3 Å². The molecule has 3 rings (SSSR count). The average molecular weight is 387 g/mol. The molecule has 0 fully saturated rings. The summed E-state index contributed by atoms with van der Waals surface area (Å²) >= 11 is 0. The molecule has 1 unspecified atom stereocenters. The highest BCUT2D eigenvalue weighted by molar-refractivity contribution is 6.13. The Kier molecular flexibility index (Phi) is 5.89. The van der Waals surface area contributed by atoms with Crippen molar-refractivity contribution in [2.45, 2.75) is 6.04 Å². The maximum absolute atomic E-state index is 11.2. The van der Waals surface area contributed by atoms with E-state index in [2.05, 4.69) is 6.58 Å². The van der Waals surface area contributed by atoms with Gasteiger partial charge in [0.2, 0.25) is 0 Å². The molecule has 0 saturated carbocycles. The lowest BCUT2D eigenvalue weighted by molar-refractivity contribution is -0.385. The summed E-state index contributed by atoms with van der Waals surface area (Å²) in [7, 11) is 0. The molecule has 1 atom stereocenters. The van der Waals surface area contributed by atoms with Crippen molar-refractivity contribution >= 4 is 17.1 Å². The van der Waals surface area contributed by atoms with Gasteiger partial charge in [0.05, 0.1) is 21.6 Å². The van der Waals surface area contributed by atoms with Crippen LogP contribution in [0, 0.1) is 20.2 Å². The third-order valence-corrected chi connectivity index (χ3v) is 4.29. The molecule has 7 nitrogen and oxygen atoms in total. The zero-order valence-electron chi connectivity index (χ0n) is 15.3. The fourth-order valence-electron chi connectivity index (χ4n) is 2.90. The van der Waals surface area contributed by atoms with Crippen molar-refractivity contribution in [2.24, 2.45) is 4.99 Å². The highest BCUT2D eigenvalue weighted by Crippen LogP contribution is 2.25. The standard InChI is InChI=1S/C22H17N3O4/c1-2-21(16-8-4-3-5-9-16)23-22(17-10-6-12-19(14-17)24(26)27)18-11-7-13-20(15-18)25(28)29/h2-15,21H,1H2. The summed E-state index contributed by atoms with van der Waals surface area (Å²) in [5.74, 6) is 0. The van der Waals surface area contributed by atoms with E-state index in [1.807, 2.05) is 30.3 Å². The molecule has 0 amide bonds. The fourth-order valence-corrected chi connectivity index (χ4v) is 2.90. The van der Waals surface area contributed by atoms with Crippen molar-refractivity contribution in [3.05, 3.63) is 128 Å². The molecule has 144 valence electrons. The molecule has 0 spiro atoms. The molecular weight excluding hydrogens is 370 g/mol. The van der Waals surface area contributed by atoms with Crippen molar-refractivity contribution in [3.63, 3.8) is 0 Å². The molecule has 0 aliphatic rings. The third kappa shape index (κ3) is 4.59. The van der Waals surface area contributed by atoms with Crippen LogP contribution in [0.25, 0.3) is 0 Å². The van der Waals surface area contributed by atoms with Crippen LogP contribution in [-0.4, -0.2) is 15.6 Å². The number of non-ortho nitro benzene ring substituents is 2. The van der Waals surface area contributed by atoms with Crippen LogP contribution in [0.1, 0.15) is 22.7 Å². The maximum Gasteiger partial charge on any atom is 0.270 e. The number of hydrogen-bond acceptors (Lipinski definition) is 5. The second kappa shape index (κ2) is 8.71. The lowest BCUT2D eigenvalue weighted by atomic mass is 9.99. The van der Waals surface area contributed by atoms with Gasteiger partial charge < -0.3 is 0 Å². The molecule has 0 N–H and O–H groups in total. The Balaban J connectivity index is 2.20. The number of hydrogen-bond donors (Lipinski definition) is 0. The summed E-state index contributed by atoms with van der Waals surface area (Å²) in [6, 6.07) is 21.1. The fraction of sp³-hybridized carbons (Fsp3) is 0.0455. The number of rotatable bonds is 7. The van der Waals surface area contributed by atoms with Gasteiger partial charge in [-0.1, -0.05) is 60.7 Å². The first-order chi connectivity index (χ1) is 14.0. The van der Waals surface area contributed by atoms with Crippen LogP contribution in [0.2, 0.25) is 0 Å². The SMILES string of the molecule is C=CC(N=C(c1cccc([N+](=O)[O-])c1)c1cccc([N+](=O)[O-])c1)c1ccccc1. The molecule has 0 bridgehead atoms. The molecule has 0 aromatic heterocycles. The van der Waals surface area contributed by atoms with Crippen molar-refractivity contribution in [3.8, 4) is 0 Å². The lowest BCUT2D eigenvalue weighted by Gasteiger charge is -2.13. The Bertz CT molecular complexity index is 1030. The number of nitro groups is 2. The van der Waals surface area contributed by atoms with E-state index in [4.69, 9.17) is 4.99 Å². The second-order valence-electron chi connectivity index (χ2n) is 6.18. The predicted molar refractivity (Wildman–Crippen MR) is 111 cm³/mol. The van der Waals surface area contributed by atoms with Crippen LogP contribution in [0.15, 0.2) is 96.5 Å². The first-order valence-electron chi connectivity index (χ1n) is 8.74. The minimum Gasteiger partial charge on any atom is -0.272 e. The number of nitro benzene ring substituents is 2. The van der Waals surface area contributed by atoms with E-state index < -0.39 is 15.9 Å². The maximum atomic E-state index is 11.2. The molecule has 3 aromatic rings. The molecular formula is C22H17N3O4. The van der Waals surface area contributed by atoms with Gasteiger partial charge in [-0.2, -0.15) is 0 Å². The van der Waals surface area contributed by atoms with E-state index >= 15 is 0 Å². The van der Waals surface area contributed by atoms with E-state index in [9.17, 15) is 20.2 Å². The number of aliphatic imine (C=N–C) groups is 1. The van der Waals surface area contributed by atoms with Gasteiger partial charge in [0, 0.05) is 35.4 Å².